The zero-order valence-corrected chi connectivity index (χ0v) is 13.6. The number of hydrogen-bond donors (Lipinski definition) is 2. The summed E-state index contributed by atoms with van der Waals surface area (Å²) in [5.74, 6) is 0.602. The predicted octanol–water partition coefficient (Wildman–Crippen LogP) is 3.52. The Hall–Kier alpha value is -1.26. The molecule has 2 rings (SSSR count). The van der Waals surface area contributed by atoms with Crippen molar-refractivity contribution in [2.45, 2.75) is 45.1 Å². The minimum atomic E-state index is -0.451. The molecule has 1 atom stereocenters. The number of nitrogens with one attached hydrogen (secondary N) is 2. The van der Waals surface area contributed by atoms with Crippen molar-refractivity contribution in [3.63, 3.8) is 0 Å². The maximum atomic E-state index is 12.7. The molecule has 1 saturated heterocycles. The second kappa shape index (κ2) is 6.67. The van der Waals surface area contributed by atoms with Crippen LogP contribution in [0.25, 0.3) is 0 Å². The van der Waals surface area contributed by atoms with Gasteiger partial charge in [0.15, 0.2) is 0 Å². The third-order valence-corrected chi connectivity index (χ3v) is 4.49. The van der Waals surface area contributed by atoms with Crippen LogP contribution in [0.1, 0.15) is 38.2 Å². The SMILES string of the molecule is CCCC1(C(=O)Nc2cc(C)c(Cl)cc2OC)CCCN1. The van der Waals surface area contributed by atoms with Gasteiger partial charge in [0, 0.05) is 11.1 Å². The van der Waals surface area contributed by atoms with Gasteiger partial charge in [-0.1, -0.05) is 24.9 Å². The molecule has 4 nitrogen and oxygen atoms in total. The van der Waals surface area contributed by atoms with E-state index in [0.717, 1.165) is 37.8 Å². The number of halogens is 1. The molecule has 1 fully saturated rings. The molecule has 0 bridgehead atoms. The average Bonchev–Trinajstić information content (AvgIpc) is 2.93. The number of hydrogen-bond acceptors (Lipinski definition) is 3. The Morgan fingerprint density at radius 1 is 1.52 bits per heavy atom. The van der Waals surface area contributed by atoms with Gasteiger partial charge in [0.25, 0.3) is 0 Å². The van der Waals surface area contributed by atoms with Gasteiger partial charge >= 0.3 is 0 Å². The number of anilines is 1. The van der Waals surface area contributed by atoms with Crippen molar-refractivity contribution in [2.75, 3.05) is 19.0 Å². The van der Waals surface area contributed by atoms with Crippen LogP contribution < -0.4 is 15.4 Å². The monoisotopic (exact) mass is 310 g/mol. The van der Waals surface area contributed by atoms with E-state index in [1.165, 1.54) is 0 Å². The molecule has 1 aliphatic rings. The molecular weight excluding hydrogens is 288 g/mol. The summed E-state index contributed by atoms with van der Waals surface area (Å²) in [5.41, 5.74) is 1.14. The summed E-state index contributed by atoms with van der Waals surface area (Å²) in [4.78, 5) is 12.7. The highest BCUT2D eigenvalue weighted by molar-refractivity contribution is 6.31. The number of aryl methyl sites for hydroxylation is 1. The van der Waals surface area contributed by atoms with Gasteiger partial charge in [-0.2, -0.15) is 0 Å². The topological polar surface area (TPSA) is 50.4 Å². The van der Waals surface area contributed by atoms with E-state index in [4.69, 9.17) is 16.3 Å². The first-order chi connectivity index (χ1) is 10.0. The number of carbonyl (C=O) groups excluding carboxylic acids is 1. The Bertz CT molecular complexity index is 525. The van der Waals surface area contributed by atoms with E-state index in [9.17, 15) is 4.79 Å². The molecule has 1 aromatic carbocycles. The number of benzene rings is 1. The second-order valence-electron chi connectivity index (χ2n) is 5.62. The highest BCUT2D eigenvalue weighted by Crippen LogP contribution is 2.33. The summed E-state index contributed by atoms with van der Waals surface area (Å²) >= 11 is 6.10. The van der Waals surface area contributed by atoms with Crippen LogP contribution in [0.4, 0.5) is 5.69 Å². The highest BCUT2D eigenvalue weighted by atomic mass is 35.5. The fraction of sp³-hybridized carbons (Fsp3) is 0.562. The fourth-order valence-corrected chi connectivity index (χ4v) is 3.08. The Morgan fingerprint density at radius 2 is 2.29 bits per heavy atom. The highest BCUT2D eigenvalue weighted by Gasteiger charge is 2.40. The Balaban J connectivity index is 2.24. The minimum absolute atomic E-state index is 0.0156. The van der Waals surface area contributed by atoms with E-state index >= 15 is 0 Å². The van der Waals surface area contributed by atoms with Crippen molar-refractivity contribution < 1.29 is 9.53 Å². The van der Waals surface area contributed by atoms with Crippen molar-refractivity contribution in [2.24, 2.45) is 0 Å². The molecule has 0 saturated carbocycles. The van der Waals surface area contributed by atoms with Gasteiger partial charge in [0.1, 0.15) is 5.75 Å². The summed E-state index contributed by atoms with van der Waals surface area (Å²) in [6.07, 6.45) is 3.72. The number of methoxy groups -OCH3 is 1. The molecular formula is C16H23ClN2O2. The molecule has 21 heavy (non-hydrogen) atoms. The lowest BCUT2D eigenvalue weighted by Crippen LogP contribution is -2.50. The summed E-state index contributed by atoms with van der Waals surface area (Å²) in [6.45, 7) is 4.90. The first-order valence-electron chi connectivity index (χ1n) is 7.43. The molecule has 1 unspecified atom stereocenters. The standard InChI is InChI=1S/C16H23ClN2O2/c1-4-6-16(7-5-8-18-16)15(20)19-13-9-11(2)12(17)10-14(13)21-3/h9-10,18H,4-8H2,1-3H3,(H,19,20). The maximum absolute atomic E-state index is 12.7. The summed E-state index contributed by atoms with van der Waals surface area (Å²) in [6, 6.07) is 3.59. The van der Waals surface area contributed by atoms with Crippen molar-refractivity contribution in [1.29, 1.82) is 0 Å². The maximum Gasteiger partial charge on any atom is 0.244 e. The van der Waals surface area contributed by atoms with E-state index in [2.05, 4.69) is 17.6 Å². The Labute approximate surface area is 131 Å². The molecule has 0 radical (unpaired) electrons. The van der Waals surface area contributed by atoms with Gasteiger partial charge in [0.05, 0.1) is 18.3 Å². The van der Waals surface area contributed by atoms with Gasteiger partial charge in [0.2, 0.25) is 5.91 Å². The molecule has 5 heteroatoms. The van der Waals surface area contributed by atoms with Crippen molar-refractivity contribution in [3.05, 3.63) is 22.7 Å². The van der Waals surface area contributed by atoms with Crippen LogP contribution in [-0.2, 0) is 4.79 Å². The lowest BCUT2D eigenvalue weighted by molar-refractivity contribution is -0.122. The summed E-state index contributed by atoms with van der Waals surface area (Å²) in [7, 11) is 1.58. The molecule has 0 spiro atoms. The lowest BCUT2D eigenvalue weighted by atomic mass is 9.90. The first kappa shape index (κ1) is 16.1. The van der Waals surface area contributed by atoms with Crippen LogP contribution in [0, 0.1) is 6.92 Å². The van der Waals surface area contributed by atoms with Crippen LogP contribution in [-0.4, -0.2) is 25.1 Å². The number of carbonyl (C=O) groups is 1. The van der Waals surface area contributed by atoms with Crippen molar-refractivity contribution in [1.82, 2.24) is 5.32 Å². The van der Waals surface area contributed by atoms with Crippen LogP contribution in [0.3, 0.4) is 0 Å². The largest absolute Gasteiger partial charge is 0.495 e. The van der Waals surface area contributed by atoms with E-state index in [0.29, 0.717) is 16.5 Å². The van der Waals surface area contributed by atoms with Gasteiger partial charge in [-0.05, 0) is 44.4 Å². The molecule has 1 heterocycles. The van der Waals surface area contributed by atoms with Crippen LogP contribution in [0.5, 0.6) is 5.75 Å². The van der Waals surface area contributed by atoms with E-state index in [-0.39, 0.29) is 5.91 Å². The molecule has 0 aliphatic carbocycles. The predicted molar refractivity (Wildman–Crippen MR) is 86.2 cm³/mol. The average molecular weight is 311 g/mol. The fourth-order valence-electron chi connectivity index (χ4n) is 2.93. The summed E-state index contributed by atoms with van der Waals surface area (Å²) in [5, 5.41) is 7.02. The molecule has 1 amide bonds. The van der Waals surface area contributed by atoms with Crippen molar-refractivity contribution >= 4 is 23.2 Å². The normalized spacial score (nSPS) is 21.3. The van der Waals surface area contributed by atoms with Crippen molar-refractivity contribution in [3.8, 4) is 5.75 Å². The van der Waals surface area contributed by atoms with Crippen LogP contribution in [0.15, 0.2) is 12.1 Å². The third kappa shape index (κ3) is 3.33. The third-order valence-electron chi connectivity index (χ3n) is 4.08. The zero-order valence-electron chi connectivity index (χ0n) is 12.9. The van der Waals surface area contributed by atoms with Crippen LogP contribution >= 0.6 is 11.6 Å². The van der Waals surface area contributed by atoms with Crippen LogP contribution in [0.2, 0.25) is 5.02 Å². The molecule has 0 aromatic heterocycles. The zero-order chi connectivity index (χ0) is 15.5. The Kier molecular flexibility index (Phi) is 5.12. The quantitative estimate of drug-likeness (QED) is 0.875. The first-order valence-corrected chi connectivity index (χ1v) is 7.81. The molecule has 1 aliphatic heterocycles. The lowest BCUT2D eigenvalue weighted by Gasteiger charge is -2.28. The number of ether oxygens (including phenoxy) is 1. The smallest absolute Gasteiger partial charge is 0.244 e. The Morgan fingerprint density at radius 3 is 2.86 bits per heavy atom. The van der Waals surface area contributed by atoms with Gasteiger partial charge in [-0.25, -0.2) is 0 Å². The van der Waals surface area contributed by atoms with E-state index < -0.39 is 5.54 Å². The minimum Gasteiger partial charge on any atom is -0.495 e. The number of rotatable bonds is 5. The second-order valence-corrected chi connectivity index (χ2v) is 6.03. The summed E-state index contributed by atoms with van der Waals surface area (Å²) < 4.78 is 5.32. The van der Waals surface area contributed by atoms with E-state index in [1.54, 1.807) is 13.2 Å². The molecule has 2 N–H and O–H groups in total. The molecule has 1 aromatic rings. The van der Waals surface area contributed by atoms with Gasteiger partial charge in [-0.3, -0.25) is 4.79 Å². The van der Waals surface area contributed by atoms with Gasteiger partial charge < -0.3 is 15.4 Å². The molecule has 116 valence electrons. The van der Waals surface area contributed by atoms with Gasteiger partial charge in [-0.15, -0.1) is 0 Å². The van der Waals surface area contributed by atoms with E-state index in [1.807, 2.05) is 13.0 Å². The number of amides is 1.